The van der Waals surface area contributed by atoms with E-state index < -0.39 is 18.5 Å². The smallest absolute Gasteiger partial charge is 0.378 e. The summed E-state index contributed by atoms with van der Waals surface area (Å²) >= 11 is 1.47. The van der Waals surface area contributed by atoms with Gasteiger partial charge in [0.25, 0.3) is 11.7 Å². The number of hydrogen-bond acceptors (Lipinski definition) is 8. The van der Waals surface area contributed by atoms with Gasteiger partial charge in [-0.05, 0) is 35.7 Å². The maximum Gasteiger partial charge on any atom is 0.378 e. The molecule has 1 N–H and O–H groups in total. The number of nitrogens with one attached hydrogen (secondary N) is 1. The van der Waals surface area contributed by atoms with Crippen molar-refractivity contribution in [1.82, 2.24) is 14.8 Å². The minimum absolute atomic E-state index is 0.144. The Morgan fingerprint density at radius 3 is 2.55 bits per heavy atom. The van der Waals surface area contributed by atoms with E-state index in [4.69, 9.17) is 14.2 Å². The molecule has 0 fully saturated rings. The minimum atomic E-state index is -0.810. The third kappa shape index (κ3) is 5.01. The zero-order chi connectivity index (χ0) is 23.2. The fraction of sp³-hybridized carbons (Fsp3) is 0.130. The molecular formula is C23H20N4O5S. The number of hydrogen-bond donors (Lipinski definition) is 1. The number of carbonyl (C=O) groups is 2. The standard InChI is InChI=1S/C23H20N4O5S/c1-30-16-10-11-18(31-2)17(13-16)24-20(28)14-32-23(29)21-25-22(19-9-6-12-33-19)27(26-21)15-7-4-3-5-8-15/h3-13H,14H2,1-2H3,(H,24,28). The number of para-hydroxylation sites is 1. The van der Waals surface area contributed by atoms with Gasteiger partial charge in [-0.3, -0.25) is 4.79 Å². The Bertz CT molecular complexity index is 1260. The molecule has 0 spiro atoms. The number of carbonyl (C=O) groups excluding carboxylic acids is 2. The molecule has 2 aromatic heterocycles. The van der Waals surface area contributed by atoms with Crippen molar-refractivity contribution in [3.8, 4) is 27.9 Å². The molecule has 4 rings (SSSR count). The molecule has 0 saturated carbocycles. The van der Waals surface area contributed by atoms with Crippen LogP contribution in [0.25, 0.3) is 16.4 Å². The monoisotopic (exact) mass is 464 g/mol. The fourth-order valence-electron chi connectivity index (χ4n) is 3.01. The lowest BCUT2D eigenvalue weighted by Crippen LogP contribution is -2.21. The number of methoxy groups -OCH3 is 2. The van der Waals surface area contributed by atoms with E-state index in [-0.39, 0.29) is 5.82 Å². The summed E-state index contributed by atoms with van der Waals surface area (Å²) < 4.78 is 17.1. The first-order valence-corrected chi connectivity index (χ1v) is 10.7. The second-order valence-corrected chi connectivity index (χ2v) is 7.62. The summed E-state index contributed by atoms with van der Waals surface area (Å²) in [6, 6.07) is 18.1. The van der Waals surface area contributed by atoms with Gasteiger partial charge in [-0.15, -0.1) is 16.4 Å². The molecule has 9 nitrogen and oxygen atoms in total. The summed E-state index contributed by atoms with van der Waals surface area (Å²) in [6.45, 7) is -0.520. The van der Waals surface area contributed by atoms with Crippen LogP contribution in [0.5, 0.6) is 11.5 Å². The highest BCUT2D eigenvalue weighted by Gasteiger charge is 2.21. The zero-order valence-electron chi connectivity index (χ0n) is 17.8. The Morgan fingerprint density at radius 1 is 1.03 bits per heavy atom. The Morgan fingerprint density at radius 2 is 1.85 bits per heavy atom. The number of thiophene rings is 1. The molecule has 1 amide bonds. The molecular weight excluding hydrogens is 444 g/mol. The van der Waals surface area contributed by atoms with Gasteiger partial charge in [-0.2, -0.15) is 4.98 Å². The number of amides is 1. The highest BCUT2D eigenvalue weighted by molar-refractivity contribution is 7.13. The van der Waals surface area contributed by atoms with Gasteiger partial charge in [0.15, 0.2) is 12.4 Å². The molecule has 10 heteroatoms. The molecule has 2 aromatic carbocycles. The lowest BCUT2D eigenvalue weighted by molar-refractivity contribution is -0.119. The average molecular weight is 465 g/mol. The van der Waals surface area contributed by atoms with E-state index in [0.717, 1.165) is 10.6 Å². The normalized spacial score (nSPS) is 10.5. The van der Waals surface area contributed by atoms with Crippen LogP contribution in [0, 0.1) is 0 Å². The second-order valence-electron chi connectivity index (χ2n) is 6.67. The van der Waals surface area contributed by atoms with Crippen LogP contribution < -0.4 is 14.8 Å². The SMILES string of the molecule is COc1ccc(OC)c(NC(=O)COC(=O)c2nc(-c3cccs3)n(-c3ccccc3)n2)c1. The van der Waals surface area contributed by atoms with Gasteiger partial charge in [-0.25, -0.2) is 9.48 Å². The Balaban J connectivity index is 1.49. The van der Waals surface area contributed by atoms with Crippen LogP contribution >= 0.6 is 11.3 Å². The lowest BCUT2D eigenvalue weighted by Gasteiger charge is -2.11. The fourth-order valence-corrected chi connectivity index (χ4v) is 3.71. The molecule has 0 aliphatic rings. The van der Waals surface area contributed by atoms with Crippen molar-refractivity contribution in [1.29, 1.82) is 0 Å². The number of benzene rings is 2. The third-order valence-corrected chi connectivity index (χ3v) is 5.41. The van der Waals surface area contributed by atoms with E-state index in [2.05, 4.69) is 15.4 Å². The minimum Gasteiger partial charge on any atom is -0.497 e. The second kappa shape index (κ2) is 9.96. The summed E-state index contributed by atoms with van der Waals surface area (Å²) in [6.07, 6.45) is 0. The number of anilines is 1. The van der Waals surface area contributed by atoms with Gasteiger partial charge in [0.05, 0.1) is 30.5 Å². The first-order valence-electron chi connectivity index (χ1n) is 9.84. The van der Waals surface area contributed by atoms with Gasteiger partial charge < -0.3 is 19.5 Å². The summed E-state index contributed by atoms with van der Waals surface area (Å²) in [5.41, 5.74) is 1.14. The molecule has 33 heavy (non-hydrogen) atoms. The molecule has 2 heterocycles. The van der Waals surface area contributed by atoms with Gasteiger partial charge in [0.1, 0.15) is 11.5 Å². The first kappa shape index (κ1) is 22.0. The van der Waals surface area contributed by atoms with Crippen molar-refractivity contribution in [3.05, 3.63) is 71.9 Å². The number of esters is 1. The van der Waals surface area contributed by atoms with Crippen LogP contribution in [0.2, 0.25) is 0 Å². The van der Waals surface area contributed by atoms with Crippen LogP contribution in [0.15, 0.2) is 66.0 Å². The third-order valence-electron chi connectivity index (χ3n) is 4.55. The van der Waals surface area contributed by atoms with Crippen molar-refractivity contribution < 1.29 is 23.8 Å². The maximum absolute atomic E-state index is 12.6. The number of ether oxygens (including phenoxy) is 3. The quantitative estimate of drug-likeness (QED) is 0.395. The predicted octanol–water partition coefficient (Wildman–Crippen LogP) is 3.81. The summed E-state index contributed by atoms with van der Waals surface area (Å²) in [7, 11) is 3.00. The molecule has 0 aliphatic carbocycles. The zero-order valence-corrected chi connectivity index (χ0v) is 18.7. The average Bonchev–Trinajstić information content (AvgIpc) is 3.53. The lowest BCUT2D eigenvalue weighted by atomic mass is 10.2. The Kier molecular flexibility index (Phi) is 6.65. The number of rotatable bonds is 8. The van der Waals surface area contributed by atoms with Gasteiger partial charge >= 0.3 is 5.97 Å². The van der Waals surface area contributed by atoms with Crippen LogP contribution in [0.1, 0.15) is 10.6 Å². The van der Waals surface area contributed by atoms with E-state index in [0.29, 0.717) is 23.0 Å². The van der Waals surface area contributed by atoms with Gasteiger partial charge in [-0.1, -0.05) is 24.3 Å². The molecule has 4 aromatic rings. The molecule has 0 saturated heterocycles. The molecule has 0 unspecified atom stereocenters. The van der Waals surface area contributed by atoms with Crippen LogP contribution in [-0.2, 0) is 9.53 Å². The van der Waals surface area contributed by atoms with Crippen molar-refractivity contribution in [2.45, 2.75) is 0 Å². The van der Waals surface area contributed by atoms with E-state index in [9.17, 15) is 9.59 Å². The highest BCUT2D eigenvalue weighted by atomic mass is 32.1. The van der Waals surface area contributed by atoms with Crippen LogP contribution in [0.3, 0.4) is 0 Å². The van der Waals surface area contributed by atoms with Crippen molar-refractivity contribution in [2.75, 3.05) is 26.1 Å². The molecule has 168 valence electrons. The van der Waals surface area contributed by atoms with Gasteiger partial charge in [0, 0.05) is 6.07 Å². The topological polar surface area (TPSA) is 105 Å². The van der Waals surface area contributed by atoms with Crippen molar-refractivity contribution >= 4 is 28.9 Å². The maximum atomic E-state index is 12.6. The molecule has 0 bridgehead atoms. The van der Waals surface area contributed by atoms with E-state index in [1.54, 1.807) is 22.9 Å². The first-order chi connectivity index (χ1) is 16.1. The van der Waals surface area contributed by atoms with Crippen LogP contribution in [0.4, 0.5) is 5.69 Å². The highest BCUT2D eigenvalue weighted by Crippen LogP contribution is 2.29. The number of aromatic nitrogens is 3. The molecule has 0 atom stereocenters. The van der Waals surface area contributed by atoms with E-state index in [1.807, 2.05) is 47.8 Å². The van der Waals surface area contributed by atoms with Crippen molar-refractivity contribution in [3.63, 3.8) is 0 Å². The summed E-state index contributed by atoms with van der Waals surface area (Å²) in [5.74, 6) is -0.00644. The largest absolute Gasteiger partial charge is 0.497 e. The Labute approximate surface area is 193 Å². The summed E-state index contributed by atoms with van der Waals surface area (Å²) in [5, 5.41) is 8.87. The van der Waals surface area contributed by atoms with Gasteiger partial charge in [0.2, 0.25) is 0 Å². The molecule has 0 radical (unpaired) electrons. The van der Waals surface area contributed by atoms with E-state index >= 15 is 0 Å². The van der Waals surface area contributed by atoms with E-state index in [1.165, 1.54) is 25.6 Å². The van der Waals surface area contributed by atoms with Crippen molar-refractivity contribution in [2.24, 2.45) is 0 Å². The predicted molar refractivity (Wildman–Crippen MR) is 123 cm³/mol. The Hall–Kier alpha value is -4.18. The molecule has 0 aliphatic heterocycles. The van der Waals surface area contributed by atoms with Crippen LogP contribution in [-0.4, -0.2) is 47.5 Å². The summed E-state index contributed by atoms with van der Waals surface area (Å²) in [4.78, 5) is 30.2. The number of nitrogens with zero attached hydrogens (tertiary/aromatic N) is 3.